The summed E-state index contributed by atoms with van der Waals surface area (Å²) in [5.41, 5.74) is 0.659. The van der Waals surface area contributed by atoms with Crippen LogP contribution in [0.2, 0.25) is 0 Å². The van der Waals surface area contributed by atoms with Gasteiger partial charge in [-0.15, -0.1) is 0 Å². The third-order valence-corrected chi connectivity index (χ3v) is 2.90. The number of nitrogens with zero attached hydrogens (tertiary/aromatic N) is 2. The van der Waals surface area contributed by atoms with E-state index in [0.717, 1.165) is 18.2 Å². The molecule has 0 aliphatic rings. The molecule has 0 bridgehead atoms. The fourth-order valence-electron chi connectivity index (χ4n) is 1.85. The van der Waals surface area contributed by atoms with E-state index >= 15 is 0 Å². The lowest BCUT2D eigenvalue weighted by Crippen LogP contribution is -1.96. The number of nitro groups is 1. The van der Waals surface area contributed by atoms with Gasteiger partial charge in [-0.1, -0.05) is 18.2 Å². The van der Waals surface area contributed by atoms with Crippen molar-refractivity contribution in [3.63, 3.8) is 0 Å². The van der Waals surface area contributed by atoms with Crippen LogP contribution in [-0.4, -0.2) is 11.1 Å². The predicted octanol–water partition coefficient (Wildman–Crippen LogP) is 3.69. The first-order valence-electron chi connectivity index (χ1n) is 6.22. The molecule has 0 amide bonds. The van der Waals surface area contributed by atoms with Crippen molar-refractivity contribution in [3.8, 4) is 0 Å². The number of nitro benzene ring substituents is 1. The summed E-state index contributed by atoms with van der Waals surface area (Å²) in [7, 11) is 0. The molecule has 0 saturated carbocycles. The number of aliphatic imine (C=N–C) groups is 1. The minimum Gasteiger partial charge on any atom is -0.292 e. The highest BCUT2D eigenvalue weighted by molar-refractivity contribution is 5.61. The topological polar surface area (TPSA) is 55.5 Å². The van der Waals surface area contributed by atoms with Crippen molar-refractivity contribution in [2.24, 2.45) is 4.99 Å². The molecule has 0 aliphatic carbocycles. The van der Waals surface area contributed by atoms with Crippen molar-refractivity contribution in [3.05, 3.63) is 75.3 Å². The van der Waals surface area contributed by atoms with Crippen LogP contribution < -0.4 is 0 Å². The van der Waals surface area contributed by atoms with Crippen LogP contribution in [0.25, 0.3) is 0 Å². The SMILES string of the molecule is O=[N+]([O-])c1ccccc1CN=CCc1cc(F)ccc1F. The largest absolute Gasteiger partial charge is 0.292 e. The van der Waals surface area contributed by atoms with E-state index in [-0.39, 0.29) is 24.2 Å². The molecule has 0 fully saturated rings. The summed E-state index contributed by atoms with van der Waals surface area (Å²) in [6.07, 6.45) is 1.55. The van der Waals surface area contributed by atoms with E-state index in [9.17, 15) is 18.9 Å². The summed E-state index contributed by atoms with van der Waals surface area (Å²) in [6.45, 7) is 0.119. The second kappa shape index (κ2) is 6.69. The Morgan fingerprint density at radius 1 is 1.14 bits per heavy atom. The fourth-order valence-corrected chi connectivity index (χ4v) is 1.85. The zero-order valence-electron chi connectivity index (χ0n) is 11.0. The molecule has 21 heavy (non-hydrogen) atoms. The lowest BCUT2D eigenvalue weighted by Gasteiger charge is -2.00. The maximum absolute atomic E-state index is 13.4. The monoisotopic (exact) mass is 290 g/mol. The molecule has 4 nitrogen and oxygen atoms in total. The summed E-state index contributed by atoms with van der Waals surface area (Å²) < 4.78 is 26.3. The van der Waals surface area contributed by atoms with E-state index in [0.29, 0.717) is 5.56 Å². The highest BCUT2D eigenvalue weighted by Gasteiger charge is 2.10. The van der Waals surface area contributed by atoms with Crippen LogP contribution >= 0.6 is 0 Å². The molecular formula is C15H12F2N2O2. The normalized spacial score (nSPS) is 11.0. The molecular weight excluding hydrogens is 278 g/mol. The van der Waals surface area contributed by atoms with Gasteiger partial charge in [0.25, 0.3) is 5.69 Å². The Hall–Kier alpha value is -2.63. The van der Waals surface area contributed by atoms with Crippen LogP contribution in [0.5, 0.6) is 0 Å². The van der Waals surface area contributed by atoms with Gasteiger partial charge in [-0.2, -0.15) is 0 Å². The number of hydrogen-bond donors (Lipinski definition) is 0. The molecule has 0 radical (unpaired) electrons. The lowest BCUT2D eigenvalue weighted by molar-refractivity contribution is -0.385. The number of rotatable bonds is 5. The average molecular weight is 290 g/mol. The minimum atomic E-state index is -0.515. The summed E-state index contributed by atoms with van der Waals surface area (Å²) in [4.78, 5) is 14.4. The summed E-state index contributed by atoms with van der Waals surface area (Å²) >= 11 is 0. The predicted molar refractivity (Wildman–Crippen MR) is 75.4 cm³/mol. The van der Waals surface area contributed by atoms with E-state index in [2.05, 4.69) is 4.99 Å². The van der Waals surface area contributed by atoms with Crippen LogP contribution in [0.4, 0.5) is 14.5 Å². The Morgan fingerprint density at radius 2 is 1.90 bits per heavy atom. The van der Waals surface area contributed by atoms with Crippen LogP contribution in [0.15, 0.2) is 47.5 Å². The van der Waals surface area contributed by atoms with Gasteiger partial charge >= 0.3 is 0 Å². The summed E-state index contributed by atoms with van der Waals surface area (Å²) in [5, 5.41) is 10.8. The van der Waals surface area contributed by atoms with Gasteiger partial charge in [-0.25, -0.2) is 8.78 Å². The van der Waals surface area contributed by atoms with E-state index in [1.165, 1.54) is 12.3 Å². The van der Waals surface area contributed by atoms with Gasteiger partial charge in [0, 0.05) is 18.7 Å². The second-order valence-electron chi connectivity index (χ2n) is 4.35. The van der Waals surface area contributed by atoms with Crippen molar-refractivity contribution < 1.29 is 13.7 Å². The first kappa shape index (κ1) is 14.8. The quantitative estimate of drug-likeness (QED) is 0.479. The molecule has 0 unspecified atom stereocenters. The Balaban J connectivity index is 2.03. The van der Waals surface area contributed by atoms with Crippen LogP contribution in [0.1, 0.15) is 11.1 Å². The number of benzene rings is 2. The molecule has 0 heterocycles. The van der Waals surface area contributed by atoms with Crippen LogP contribution in [0, 0.1) is 21.7 Å². The van der Waals surface area contributed by atoms with Gasteiger partial charge in [-0.05, 0) is 23.8 Å². The van der Waals surface area contributed by atoms with Crippen molar-refractivity contribution in [2.75, 3.05) is 0 Å². The average Bonchev–Trinajstić information content (AvgIpc) is 2.47. The molecule has 2 aromatic carbocycles. The van der Waals surface area contributed by atoms with E-state index in [1.54, 1.807) is 18.2 Å². The van der Waals surface area contributed by atoms with E-state index in [1.807, 2.05) is 0 Å². The van der Waals surface area contributed by atoms with Gasteiger partial charge in [-0.3, -0.25) is 15.1 Å². The third-order valence-electron chi connectivity index (χ3n) is 2.90. The first-order valence-corrected chi connectivity index (χ1v) is 6.22. The van der Waals surface area contributed by atoms with Gasteiger partial charge in [0.15, 0.2) is 0 Å². The van der Waals surface area contributed by atoms with Gasteiger partial charge < -0.3 is 0 Å². The van der Waals surface area contributed by atoms with Crippen LogP contribution in [-0.2, 0) is 13.0 Å². The summed E-state index contributed by atoms with van der Waals surface area (Å²) in [6, 6.07) is 9.48. The maximum Gasteiger partial charge on any atom is 0.274 e. The highest BCUT2D eigenvalue weighted by atomic mass is 19.1. The van der Waals surface area contributed by atoms with E-state index in [4.69, 9.17) is 0 Å². The van der Waals surface area contributed by atoms with Gasteiger partial charge in [0.1, 0.15) is 11.6 Å². The molecule has 2 aromatic rings. The van der Waals surface area contributed by atoms with Crippen LogP contribution in [0.3, 0.4) is 0 Å². The highest BCUT2D eigenvalue weighted by Crippen LogP contribution is 2.18. The molecule has 0 aliphatic heterocycles. The molecule has 0 atom stereocenters. The molecule has 0 aromatic heterocycles. The van der Waals surface area contributed by atoms with Crippen molar-refractivity contribution in [1.82, 2.24) is 0 Å². The van der Waals surface area contributed by atoms with Crippen molar-refractivity contribution in [1.29, 1.82) is 0 Å². The van der Waals surface area contributed by atoms with Gasteiger partial charge in [0.05, 0.1) is 17.0 Å². The summed E-state index contributed by atoms with van der Waals surface area (Å²) in [5.74, 6) is -1.02. The number of hydrogen-bond acceptors (Lipinski definition) is 3. The van der Waals surface area contributed by atoms with E-state index < -0.39 is 16.6 Å². The zero-order chi connectivity index (χ0) is 15.2. The molecule has 0 spiro atoms. The molecule has 0 saturated heterocycles. The zero-order valence-corrected chi connectivity index (χ0v) is 11.0. The minimum absolute atomic E-state index is 0.00779. The van der Waals surface area contributed by atoms with Gasteiger partial charge in [0.2, 0.25) is 0 Å². The standard InChI is InChI=1S/C15H12F2N2O2/c16-13-5-6-14(17)11(9-13)7-8-18-10-12-3-1-2-4-15(12)19(20)21/h1-6,8-9H,7,10H2. The molecule has 0 N–H and O–H groups in total. The molecule has 2 rings (SSSR count). The smallest absolute Gasteiger partial charge is 0.274 e. The Labute approximate surface area is 119 Å². The second-order valence-corrected chi connectivity index (χ2v) is 4.35. The first-order chi connectivity index (χ1) is 10.1. The third kappa shape index (κ3) is 3.92. The molecule has 6 heteroatoms. The Morgan fingerprint density at radius 3 is 2.67 bits per heavy atom. The maximum atomic E-state index is 13.4. The fraction of sp³-hybridized carbons (Fsp3) is 0.133. The Bertz CT molecular complexity index is 687. The Kier molecular flexibility index (Phi) is 4.71. The number of para-hydroxylation sites is 1. The molecule has 108 valence electrons. The van der Waals surface area contributed by atoms with Crippen molar-refractivity contribution in [2.45, 2.75) is 13.0 Å². The lowest BCUT2D eigenvalue weighted by atomic mass is 10.1. The number of halogens is 2. The van der Waals surface area contributed by atoms with Crippen molar-refractivity contribution >= 4 is 11.9 Å².